The lowest BCUT2D eigenvalue weighted by atomic mass is 9.76. The molecule has 8 bridgehead atoms. The van der Waals surface area contributed by atoms with Gasteiger partial charge in [-0.2, -0.15) is 0 Å². The molecule has 0 radical (unpaired) electrons. The highest BCUT2D eigenvalue weighted by atomic mass is 16.7. The number of carbonyl (C=O) groups is 2. The number of fused-ring (bicyclic) bond motifs is 11. The summed E-state index contributed by atoms with van der Waals surface area (Å²) in [5.41, 5.74) is 19.4. The van der Waals surface area contributed by atoms with Gasteiger partial charge in [-0.25, -0.2) is 9.97 Å². The number of aliphatic hydroxyl groups is 2. The molecule has 2 saturated heterocycles. The normalized spacial score (nSPS) is 19.2. The van der Waals surface area contributed by atoms with E-state index < -0.39 is 37.8 Å². The van der Waals surface area contributed by atoms with Crippen LogP contribution in [0.3, 0.4) is 0 Å². The zero-order valence-electron chi connectivity index (χ0n) is 43.8. The largest absolute Gasteiger partial charge is 0.494 e. The highest BCUT2D eigenvalue weighted by Gasteiger charge is 2.51. The summed E-state index contributed by atoms with van der Waals surface area (Å²) in [6.45, 7) is 6.26. The summed E-state index contributed by atoms with van der Waals surface area (Å²) in [6, 6.07) is 53.3. The number of benzene rings is 6. The molecule has 9 aromatic rings. The van der Waals surface area contributed by atoms with E-state index in [-0.39, 0.29) is 40.6 Å². The minimum atomic E-state index is -1.58. The minimum Gasteiger partial charge on any atom is -0.461 e. The fourth-order valence-corrected chi connectivity index (χ4v) is 11.6. The molecule has 0 spiro atoms. The maximum absolute atomic E-state index is 13.7. The highest BCUT2D eigenvalue weighted by Crippen LogP contribution is 2.40. The van der Waals surface area contributed by atoms with Crippen LogP contribution in [0.5, 0.6) is 5.75 Å². The van der Waals surface area contributed by atoms with E-state index in [2.05, 4.69) is 152 Å². The number of aromatic nitrogens is 4. The van der Waals surface area contributed by atoms with Crippen LogP contribution < -0.4 is 10.2 Å². The first-order valence-electron chi connectivity index (χ1n) is 26.8. The first kappa shape index (κ1) is 49.2. The van der Waals surface area contributed by atoms with Crippen LogP contribution in [0.4, 0.5) is 0 Å². The third-order valence-corrected chi connectivity index (χ3v) is 15.7. The van der Waals surface area contributed by atoms with Crippen LogP contribution in [0.15, 0.2) is 164 Å². The molecule has 4 N–H and O–H groups in total. The van der Waals surface area contributed by atoms with E-state index in [1.165, 1.54) is 5.56 Å². The molecule has 80 heavy (non-hydrogen) atoms. The van der Waals surface area contributed by atoms with Gasteiger partial charge in [-0.15, -0.1) is 0 Å². The number of rotatable bonds is 7. The van der Waals surface area contributed by atoms with E-state index in [0.29, 0.717) is 11.0 Å². The standard InChI is InChI=1S/C67H51BN4O8/c1-36-11-17-39(18-12-36)57-47-27-29-49(69-47)58(40-19-13-37(2)14-20-40)51-31-33-53(71-51)60(54-34-32-52(72-54)59(50-30-28-48(57)70-50)41-21-15-38(3)16-22-41)42-23-25-43(26-24-42)68-77-35-56-66(80-68)64(75)65(76)67(79-56)78-55-10-6-9-46-61(55)63(74)45-8-5-4-7-44(45)62(46)73/h4-34,56,64-67,69,72,75-76H,35H2,1-3H3/t56-,64-,65-,66-,67-/m1/s1. The first-order chi connectivity index (χ1) is 39.0. The van der Waals surface area contributed by atoms with Gasteiger partial charge in [0.05, 0.1) is 34.9 Å². The monoisotopic (exact) mass is 1050 g/mol. The number of nitrogens with one attached hydrogen (secondary N) is 2. The van der Waals surface area contributed by atoms with E-state index in [0.717, 1.165) is 100 Å². The molecule has 12 nitrogen and oxygen atoms in total. The molecule has 0 unspecified atom stereocenters. The molecule has 5 atom stereocenters. The third-order valence-electron chi connectivity index (χ3n) is 15.7. The molecular weight excluding hydrogens is 1000 g/mol. The molecule has 14 rings (SSSR count). The Labute approximate surface area is 460 Å². The number of ketones is 2. The molecule has 2 fully saturated rings. The topological polar surface area (TPSA) is 169 Å². The zero-order valence-corrected chi connectivity index (χ0v) is 43.8. The number of hydrogen-bond acceptors (Lipinski definition) is 10. The van der Waals surface area contributed by atoms with Gasteiger partial charge in [-0.05, 0) is 103 Å². The fraction of sp³-hybridized carbons (Fsp3) is 0.134. The predicted octanol–water partition coefficient (Wildman–Crippen LogP) is 11.7. The van der Waals surface area contributed by atoms with Gasteiger partial charge in [0.15, 0.2) is 11.6 Å². The van der Waals surface area contributed by atoms with Gasteiger partial charge in [-0.1, -0.05) is 150 Å². The number of hydrogen-bond donors (Lipinski definition) is 4. The quantitative estimate of drug-likeness (QED) is 0.113. The van der Waals surface area contributed by atoms with Crippen LogP contribution in [0, 0.1) is 20.8 Å². The average molecular weight is 1050 g/mol. The lowest BCUT2D eigenvalue weighted by molar-refractivity contribution is -0.282. The smallest absolute Gasteiger partial charge is 0.461 e. The van der Waals surface area contributed by atoms with Crippen LogP contribution in [-0.2, 0) is 14.0 Å². The maximum atomic E-state index is 13.7. The molecule has 3 aromatic heterocycles. The second kappa shape index (κ2) is 19.7. The van der Waals surface area contributed by atoms with Crippen molar-refractivity contribution in [1.29, 1.82) is 0 Å². The van der Waals surface area contributed by atoms with Gasteiger partial charge in [0.2, 0.25) is 6.29 Å². The van der Waals surface area contributed by atoms with E-state index >= 15 is 0 Å². The van der Waals surface area contributed by atoms with Crippen molar-refractivity contribution in [3.05, 3.63) is 226 Å². The summed E-state index contributed by atoms with van der Waals surface area (Å²) in [5, 5.41) is 23.1. The van der Waals surface area contributed by atoms with Crippen LogP contribution in [0.25, 0.3) is 90.9 Å². The maximum Gasteiger partial charge on any atom is 0.494 e. The van der Waals surface area contributed by atoms with Crippen molar-refractivity contribution >= 4 is 70.5 Å². The first-order valence-corrected chi connectivity index (χ1v) is 26.8. The number of aliphatic hydroxyl groups excluding tert-OH is 2. The fourth-order valence-electron chi connectivity index (χ4n) is 11.6. The summed E-state index contributed by atoms with van der Waals surface area (Å²) in [6.07, 6.45) is 2.07. The van der Waals surface area contributed by atoms with Crippen LogP contribution in [0.1, 0.15) is 71.3 Å². The van der Waals surface area contributed by atoms with Crippen molar-refractivity contribution in [3.8, 4) is 50.3 Å². The van der Waals surface area contributed by atoms with E-state index in [9.17, 15) is 19.8 Å². The van der Waals surface area contributed by atoms with Gasteiger partial charge in [0.1, 0.15) is 30.2 Å². The van der Waals surface area contributed by atoms with Crippen LogP contribution >= 0.6 is 0 Å². The van der Waals surface area contributed by atoms with Crippen LogP contribution in [0.2, 0.25) is 0 Å². The number of H-pyrrole nitrogens is 2. The summed E-state index contributed by atoms with van der Waals surface area (Å²) < 4.78 is 25.1. The molecule has 5 aliphatic rings. The lowest BCUT2D eigenvalue weighted by Crippen LogP contribution is -2.66. The summed E-state index contributed by atoms with van der Waals surface area (Å²) in [7, 11) is -0.921. The summed E-state index contributed by atoms with van der Waals surface area (Å²) >= 11 is 0. The Hall–Kier alpha value is -9.08. The Morgan fingerprint density at radius 1 is 0.487 bits per heavy atom. The molecule has 390 valence electrons. The minimum absolute atomic E-state index is 0.00573. The Kier molecular flexibility index (Phi) is 12.1. The number of nitrogens with zero attached hydrogens (tertiary/aromatic N) is 2. The SMILES string of the molecule is Cc1ccc(-c2c3nc(c(-c4ccc(C)cc4)c4ccc([nH]4)c(-c4ccc(B5OC[C@H]6O[C@@H](Oc7cccc8c7C(=O)c7ccccc7C8=O)[C@H](O)[C@@H](O)[C@@H]6O5)cc4)c4nc(c(-c5ccc(C)cc5)c5ccc2[nH]5)C=C4)C=C3)cc1. The highest BCUT2D eigenvalue weighted by molar-refractivity contribution is 6.61. The molecule has 4 aliphatic heterocycles. The molecule has 13 heteroatoms. The second-order valence-electron chi connectivity index (χ2n) is 21.0. The van der Waals surface area contributed by atoms with Gasteiger partial charge >= 0.3 is 7.12 Å². The van der Waals surface area contributed by atoms with E-state index in [1.807, 2.05) is 24.3 Å². The third kappa shape index (κ3) is 8.54. The van der Waals surface area contributed by atoms with Crippen molar-refractivity contribution in [2.24, 2.45) is 0 Å². The molecule has 0 saturated carbocycles. The Morgan fingerprint density at radius 3 is 1.38 bits per heavy atom. The number of aromatic amines is 2. The molecular formula is C67H51BN4O8. The molecule has 6 aromatic carbocycles. The van der Waals surface area contributed by atoms with Gasteiger partial charge in [0.25, 0.3) is 0 Å². The van der Waals surface area contributed by atoms with E-state index in [1.54, 1.807) is 42.5 Å². The Morgan fingerprint density at radius 2 is 0.912 bits per heavy atom. The predicted molar refractivity (Wildman–Crippen MR) is 312 cm³/mol. The number of aryl methyl sites for hydroxylation is 3. The van der Waals surface area contributed by atoms with Gasteiger partial charge < -0.3 is 39.0 Å². The summed E-state index contributed by atoms with van der Waals surface area (Å²) in [4.78, 5) is 45.8. The van der Waals surface area contributed by atoms with Crippen molar-refractivity contribution in [1.82, 2.24) is 19.9 Å². The molecule has 0 amide bonds. The molecule has 1 aliphatic carbocycles. The van der Waals surface area contributed by atoms with Crippen LogP contribution in [-0.4, -0.2) is 86.1 Å². The van der Waals surface area contributed by atoms with Crippen molar-refractivity contribution in [3.63, 3.8) is 0 Å². The van der Waals surface area contributed by atoms with E-state index in [4.69, 9.17) is 28.8 Å². The summed E-state index contributed by atoms with van der Waals surface area (Å²) in [5.74, 6) is -0.640. The van der Waals surface area contributed by atoms with Gasteiger partial charge in [0, 0.05) is 61.0 Å². The lowest BCUT2D eigenvalue weighted by Gasteiger charge is -2.45. The molecule has 7 heterocycles. The Bertz CT molecular complexity index is 4200. The van der Waals surface area contributed by atoms with Crippen molar-refractivity contribution in [2.45, 2.75) is 51.5 Å². The zero-order chi connectivity index (χ0) is 54.3. The van der Waals surface area contributed by atoms with Gasteiger partial charge in [-0.3, -0.25) is 9.59 Å². The second-order valence-corrected chi connectivity index (χ2v) is 21.0. The average Bonchev–Trinajstić information content (AvgIpc) is 4.35. The number of ether oxygens (including phenoxy) is 2. The van der Waals surface area contributed by atoms with Crippen molar-refractivity contribution < 1.29 is 38.6 Å². The number of carbonyl (C=O) groups excluding carboxylic acids is 2. The van der Waals surface area contributed by atoms with Crippen molar-refractivity contribution in [2.75, 3.05) is 6.61 Å². The Balaban J connectivity index is 0.843.